The van der Waals surface area contributed by atoms with E-state index in [1.165, 1.54) is 6.07 Å². The van der Waals surface area contributed by atoms with Gasteiger partial charge < -0.3 is 10.6 Å². The number of halogens is 1. The van der Waals surface area contributed by atoms with Crippen LogP contribution in [-0.2, 0) is 4.79 Å². The summed E-state index contributed by atoms with van der Waals surface area (Å²) in [4.78, 5) is 12.2. The summed E-state index contributed by atoms with van der Waals surface area (Å²) in [6, 6.07) is 12.8. The van der Waals surface area contributed by atoms with E-state index in [2.05, 4.69) is 10.6 Å². The highest BCUT2D eigenvalue weighted by molar-refractivity contribution is 5.92. The van der Waals surface area contributed by atoms with Gasteiger partial charge in [-0.05, 0) is 30.2 Å². The molecule has 1 heterocycles. The molecule has 2 aromatic rings. The molecule has 0 bridgehead atoms. The van der Waals surface area contributed by atoms with Gasteiger partial charge in [-0.3, -0.25) is 4.79 Å². The van der Waals surface area contributed by atoms with Crippen molar-refractivity contribution in [3.63, 3.8) is 0 Å². The van der Waals surface area contributed by atoms with Crippen LogP contribution in [0.3, 0.4) is 0 Å². The fourth-order valence-corrected chi connectivity index (χ4v) is 2.74. The summed E-state index contributed by atoms with van der Waals surface area (Å²) in [5.74, 6) is -0.423. The predicted octanol–water partition coefficient (Wildman–Crippen LogP) is 3.67. The van der Waals surface area contributed by atoms with Gasteiger partial charge in [-0.1, -0.05) is 30.3 Å². The summed E-state index contributed by atoms with van der Waals surface area (Å²) < 4.78 is 13.7. The Morgan fingerprint density at radius 1 is 1.29 bits per heavy atom. The Hall–Kier alpha value is -2.36. The summed E-state index contributed by atoms with van der Waals surface area (Å²) >= 11 is 0. The van der Waals surface area contributed by atoms with Gasteiger partial charge in [-0.15, -0.1) is 0 Å². The van der Waals surface area contributed by atoms with Crippen LogP contribution in [0.1, 0.15) is 23.5 Å². The molecule has 1 aliphatic rings. The quantitative estimate of drug-likeness (QED) is 0.903. The molecule has 0 radical (unpaired) electrons. The lowest BCUT2D eigenvalue weighted by atomic mass is 9.97. The second-order valence-electron chi connectivity index (χ2n) is 5.35. The van der Waals surface area contributed by atoms with Crippen molar-refractivity contribution in [1.29, 1.82) is 0 Å². The summed E-state index contributed by atoms with van der Waals surface area (Å²) in [7, 11) is 0. The van der Waals surface area contributed by atoms with Gasteiger partial charge in [-0.25, -0.2) is 4.39 Å². The summed E-state index contributed by atoms with van der Waals surface area (Å²) in [6.45, 7) is 2.52. The second kappa shape index (κ2) is 5.56. The van der Waals surface area contributed by atoms with Crippen LogP contribution in [0, 0.1) is 12.7 Å². The standard InChI is InChI=1S/C17H17FN2O/c1-11-5-4-7-14(18)17(11)20-16(21)9-12-10-19-15-8-3-2-6-13(12)15/h2-8,12,19H,9-10H2,1H3,(H,20,21). The van der Waals surface area contributed by atoms with E-state index in [-0.39, 0.29) is 17.5 Å². The van der Waals surface area contributed by atoms with Crippen LogP contribution in [0.25, 0.3) is 0 Å². The largest absolute Gasteiger partial charge is 0.384 e. The predicted molar refractivity (Wildman–Crippen MR) is 82.1 cm³/mol. The molecule has 21 heavy (non-hydrogen) atoms. The van der Waals surface area contributed by atoms with Gasteiger partial charge in [0.2, 0.25) is 5.91 Å². The van der Waals surface area contributed by atoms with Gasteiger partial charge in [0.15, 0.2) is 0 Å². The van der Waals surface area contributed by atoms with Crippen molar-refractivity contribution in [2.45, 2.75) is 19.3 Å². The number of carbonyl (C=O) groups excluding carboxylic acids is 1. The van der Waals surface area contributed by atoms with E-state index in [0.717, 1.165) is 23.4 Å². The molecule has 0 saturated carbocycles. The minimum absolute atomic E-state index is 0.133. The number of nitrogens with one attached hydrogen (secondary N) is 2. The van der Waals surface area contributed by atoms with Crippen LogP contribution < -0.4 is 10.6 Å². The Morgan fingerprint density at radius 3 is 2.90 bits per heavy atom. The molecule has 1 atom stereocenters. The lowest BCUT2D eigenvalue weighted by molar-refractivity contribution is -0.116. The maximum atomic E-state index is 13.7. The molecule has 108 valence electrons. The summed E-state index contributed by atoms with van der Waals surface area (Å²) in [5, 5.41) is 5.98. The van der Waals surface area contributed by atoms with Gasteiger partial charge >= 0.3 is 0 Å². The van der Waals surface area contributed by atoms with Crippen molar-refractivity contribution < 1.29 is 9.18 Å². The molecule has 2 N–H and O–H groups in total. The van der Waals surface area contributed by atoms with E-state index in [0.29, 0.717) is 6.42 Å². The Balaban J connectivity index is 1.71. The molecule has 0 spiro atoms. The highest BCUT2D eigenvalue weighted by Crippen LogP contribution is 2.33. The van der Waals surface area contributed by atoms with Crippen LogP contribution in [0.2, 0.25) is 0 Å². The number of hydrogen-bond donors (Lipinski definition) is 2. The minimum Gasteiger partial charge on any atom is -0.384 e. The molecule has 1 aliphatic heterocycles. The molecule has 1 amide bonds. The molecule has 0 aromatic heterocycles. The average molecular weight is 284 g/mol. The number of anilines is 2. The maximum Gasteiger partial charge on any atom is 0.225 e. The average Bonchev–Trinajstić information content (AvgIpc) is 2.87. The number of amides is 1. The van der Waals surface area contributed by atoms with Crippen molar-refractivity contribution in [2.24, 2.45) is 0 Å². The number of hydrogen-bond acceptors (Lipinski definition) is 2. The monoisotopic (exact) mass is 284 g/mol. The molecule has 3 rings (SSSR count). The molecule has 0 fully saturated rings. The molecular formula is C17H17FN2O. The zero-order valence-electron chi connectivity index (χ0n) is 11.8. The third-order valence-corrected chi connectivity index (χ3v) is 3.86. The van der Waals surface area contributed by atoms with E-state index in [1.54, 1.807) is 19.1 Å². The third kappa shape index (κ3) is 2.75. The van der Waals surface area contributed by atoms with Crippen LogP contribution >= 0.6 is 0 Å². The Labute approximate surface area is 123 Å². The van der Waals surface area contributed by atoms with Crippen LogP contribution in [0.15, 0.2) is 42.5 Å². The van der Waals surface area contributed by atoms with Gasteiger partial charge in [-0.2, -0.15) is 0 Å². The lowest BCUT2D eigenvalue weighted by Gasteiger charge is -2.12. The van der Waals surface area contributed by atoms with Crippen molar-refractivity contribution >= 4 is 17.3 Å². The fourth-order valence-electron chi connectivity index (χ4n) is 2.74. The van der Waals surface area contributed by atoms with E-state index in [4.69, 9.17) is 0 Å². The second-order valence-corrected chi connectivity index (χ2v) is 5.35. The highest BCUT2D eigenvalue weighted by Gasteiger charge is 2.24. The number of para-hydroxylation sites is 2. The molecule has 0 aliphatic carbocycles. The summed E-state index contributed by atoms with van der Waals surface area (Å²) in [5.41, 5.74) is 3.24. The first-order chi connectivity index (χ1) is 10.1. The normalized spacial score (nSPS) is 16.2. The van der Waals surface area contributed by atoms with Gasteiger partial charge in [0, 0.05) is 24.6 Å². The lowest BCUT2D eigenvalue weighted by Crippen LogP contribution is -2.18. The molecular weight excluding hydrogens is 267 g/mol. The van der Waals surface area contributed by atoms with Crippen molar-refractivity contribution in [1.82, 2.24) is 0 Å². The highest BCUT2D eigenvalue weighted by atomic mass is 19.1. The third-order valence-electron chi connectivity index (χ3n) is 3.86. The van der Waals surface area contributed by atoms with E-state index in [9.17, 15) is 9.18 Å². The van der Waals surface area contributed by atoms with Crippen molar-refractivity contribution in [2.75, 3.05) is 17.2 Å². The number of aryl methyl sites for hydroxylation is 1. The summed E-state index contributed by atoms with van der Waals surface area (Å²) in [6.07, 6.45) is 0.345. The number of fused-ring (bicyclic) bond motifs is 1. The smallest absolute Gasteiger partial charge is 0.225 e. The molecule has 0 saturated heterocycles. The van der Waals surface area contributed by atoms with Crippen molar-refractivity contribution in [3.05, 3.63) is 59.4 Å². The van der Waals surface area contributed by atoms with Crippen LogP contribution in [0.5, 0.6) is 0 Å². The Bertz CT molecular complexity index is 664. The molecule has 2 aromatic carbocycles. The minimum atomic E-state index is -0.395. The fraction of sp³-hybridized carbons (Fsp3) is 0.235. The molecule has 1 unspecified atom stereocenters. The Kier molecular flexibility index (Phi) is 3.60. The SMILES string of the molecule is Cc1cccc(F)c1NC(=O)CC1CNc2ccccc21. The zero-order chi connectivity index (χ0) is 14.8. The Morgan fingerprint density at radius 2 is 2.10 bits per heavy atom. The topological polar surface area (TPSA) is 41.1 Å². The van der Waals surface area contributed by atoms with Crippen molar-refractivity contribution in [3.8, 4) is 0 Å². The van der Waals surface area contributed by atoms with Gasteiger partial charge in [0.25, 0.3) is 0 Å². The maximum absolute atomic E-state index is 13.7. The first-order valence-electron chi connectivity index (χ1n) is 7.03. The van der Waals surface area contributed by atoms with Crippen LogP contribution in [0.4, 0.5) is 15.8 Å². The number of benzene rings is 2. The van der Waals surface area contributed by atoms with E-state index < -0.39 is 5.82 Å². The first kappa shape index (κ1) is 13.6. The first-order valence-corrected chi connectivity index (χ1v) is 7.03. The molecule has 4 heteroatoms. The van der Waals surface area contributed by atoms with Gasteiger partial charge in [0.05, 0.1) is 5.69 Å². The van der Waals surface area contributed by atoms with E-state index >= 15 is 0 Å². The van der Waals surface area contributed by atoms with E-state index in [1.807, 2.05) is 24.3 Å². The van der Waals surface area contributed by atoms with Crippen LogP contribution in [-0.4, -0.2) is 12.5 Å². The number of rotatable bonds is 3. The number of carbonyl (C=O) groups is 1. The zero-order valence-corrected chi connectivity index (χ0v) is 11.8. The van der Waals surface area contributed by atoms with Gasteiger partial charge in [0.1, 0.15) is 5.82 Å². The molecule has 3 nitrogen and oxygen atoms in total.